The first-order chi connectivity index (χ1) is 7.49. The Morgan fingerprint density at radius 2 is 2.31 bits per heavy atom. The minimum atomic E-state index is -1.07. The van der Waals surface area contributed by atoms with Gasteiger partial charge in [0.05, 0.1) is 6.61 Å². The van der Waals surface area contributed by atoms with Crippen molar-refractivity contribution in [2.75, 3.05) is 13.2 Å². The summed E-state index contributed by atoms with van der Waals surface area (Å²) in [4.78, 5) is 22.6. The molecule has 0 radical (unpaired) electrons. The van der Waals surface area contributed by atoms with E-state index in [0.29, 0.717) is 25.9 Å². The van der Waals surface area contributed by atoms with Crippen LogP contribution >= 0.6 is 0 Å². The van der Waals surface area contributed by atoms with Crippen LogP contribution < -0.4 is 11.1 Å². The molecular formula is C10H18N2O4. The molecule has 1 unspecified atom stereocenters. The van der Waals surface area contributed by atoms with Crippen LogP contribution in [0.1, 0.15) is 26.2 Å². The molecule has 0 aromatic carbocycles. The molecule has 16 heavy (non-hydrogen) atoms. The van der Waals surface area contributed by atoms with Crippen LogP contribution in [0.3, 0.4) is 0 Å². The quantitative estimate of drug-likeness (QED) is 0.589. The van der Waals surface area contributed by atoms with E-state index in [1.54, 1.807) is 0 Å². The average molecular weight is 230 g/mol. The number of ether oxygens (including phenoxy) is 1. The topological polar surface area (TPSA) is 102 Å². The van der Waals surface area contributed by atoms with Crippen LogP contribution in [0.4, 0.5) is 0 Å². The van der Waals surface area contributed by atoms with Crippen molar-refractivity contribution in [1.82, 2.24) is 5.32 Å². The van der Waals surface area contributed by atoms with Crippen molar-refractivity contribution in [2.24, 2.45) is 5.73 Å². The number of aliphatic carboxylic acids is 1. The number of nitrogens with two attached hydrogens (primary N) is 1. The second kappa shape index (κ2) is 5.27. The summed E-state index contributed by atoms with van der Waals surface area (Å²) in [7, 11) is 0. The number of nitrogens with one attached hydrogen (secondary N) is 1. The summed E-state index contributed by atoms with van der Waals surface area (Å²) in [6.07, 6.45) is 1.51. The van der Waals surface area contributed by atoms with E-state index in [2.05, 4.69) is 5.32 Å². The summed E-state index contributed by atoms with van der Waals surface area (Å²) >= 11 is 0. The zero-order chi connectivity index (χ0) is 12.2. The Bertz CT molecular complexity index is 274. The molecule has 6 heteroatoms. The van der Waals surface area contributed by atoms with Crippen LogP contribution in [0.15, 0.2) is 0 Å². The van der Waals surface area contributed by atoms with E-state index >= 15 is 0 Å². The smallest absolute Gasteiger partial charge is 0.326 e. The molecule has 0 aromatic rings. The van der Waals surface area contributed by atoms with Crippen molar-refractivity contribution in [1.29, 1.82) is 0 Å². The fourth-order valence-electron chi connectivity index (χ4n) is 1.61. The second-order valence-electron chi connectivity index (χ2n) is 4.11. The fraction of sp³-hybridized carbons (Fsp3) is 0.800. The fourth-order valence-corrected chi connectivity index (χ4v) is 1.61. The molecule has 2 atom stereocenters. The molecule has 4 N–H and O–H groups in total. The van der Waals surface area contributed by atoms with Crippen LogP contribution in [0.25, 0.3) is 0 Å². The molecule has 0 aromatic heterocycles. The molecule has 0 aliphatic carbocycles. The van der Waals surface area contributed by atoms with Crippen molar-refractivity contribution < 1.29 is 19.4 Å². The van der Waals surface area contributed by atoms with Crippen LogP contribution in [0.2, 0.25) is 0 Å². The Morgan fingerprint density at radius 3 is 2.75 bits per heavy atom. The Morgan fingerprint density at radius 1 is 1.62 bits per heavy atom. The number of hydrogen-bond donors (Lipinski definition) is 3. The molecule has 1 rings (SSSR count). The van der Waals surface area contributed by atoms with Crippen LogP contribution in [-0.4, -0.2) is 41.8 Å². The Hall–Kier alpha value is -1.14. The van der Waals surface area contributed by atoms with Crippen molar-refractivity contribution >= 4 is 11.9 Å². The first-order valence-corrected chi connectivity index (χ1v) is 5.40. The molecule has 1 saturated heterocycles. The lowest BCUT2D eigenvalue weighted by Crippen LogP contribution is -2.57. The van der Waals surface area contributed by atoms with Gasteiger partial charge >= 0.3 is 5.97 Å². The Balaban J connectivity index is 2.57. The van der Waals surface area contributed by atoms with Crippen LogP contribution in [0, 0.1) is 0 Å². The SMILES string of the molecule is CCC[C@H](NC(=O)C1(N)CCOC1)C(=O)O. The van der Waals surface area contributed by atoms with Gasteiger partial charge in [0.1, 0.15) is 11.6 Å². The highest BCUT2D eigenvalue weighted by Crippen LogP contribution is 2.16. The van der Waals surface area contributed by atoms with Gasteiger partial charge in [-0.05, 0) is 12.8 Å². The normalized spacial score (nSPS) is 26.4. The van der Waals surface area contributed by atoms with Gasteiger partial charge < -0.3 is 20.9 Å². The predicted octanol–water partition coefficient (Wildman–Crippen LogP) is -0.526. The van der Waals surface area contributed by atoms with Gasteiger partial charge in [0, 0.05) is 6.61 Å². The standard InChI is InChI=1S/C10H18N2O4/c1-2-3-7(8(13)14)12-9(15)10(11)4-5-16-6-10/h7H,2-6,11H2,1H3,(H,12,15)(H,13,14)/t7-,10?/m0/s1. The Kier molecular flexibility index (Phi) is 4.26. The van der Waals surface area contributed by atoms with E-state index in [-0.39, 0.29) is 6.61 Å². The summed E-state index contributed by atoms with van der Waals surface area (Å²) in [5, 5.41) is 11.3. The summed E-state index contributed by atoms with van der Waals surface area (Å²) in [5.74, 6) is -1.47. The summed E-state index contributed by atoms with van der Waals surface area (Å²) in [6, 6.07) is -0.862. The van der Waals surface area contributed by atoms with Gasteiger partial charge in [-0.2, -0.15) is 0 Å². The van der Waals surface area contributed by atoms with E-state index in [9.17, 15) is 9.59 Å². The van der Waals surface area contributed by atoms with Crippen molar-refractivity contribution in [2.45, 2.75) is 37.8 Å². The predicted molar refractivity (Wildman–Crippen MR) is 56.8 cm³/mol. The number of carboxylic acids is 1. The monoisotopic (exact) mass is 230 g/mol. The largest absolute Gasteiger partial charge is 0.480 e. The molecule has 0 saturated carbocycles. The highest BCUT2D eigenvalue weighted by molar-refractivity contribution is 5.90. The highest BCUT2D eigenvalue weighted by atomic mass is 16.5. The maximum atomic E-state index is 11.8. The minimum absolute atomic E-state index is 0.150. The number of rotatable bonds is 5. The molecule has 0 bridgehead atoms. The third-order valence-electron chi connectivity index (χ3n) is 2.69. The molecule has 1 heterocycles. The van der Waals surface area contributed by atoms with Gasteiger partial charge in [-0.3, -0.25) is 4.79 Å². The minimum Gasteiger partial charge on any atom is -0.480 e. The van der Waals surface area contributed by atoms with Gasteiger partial charge in [-0.15, -0.1) is 0 Å². The highest BCUT2D eigenvalue weighted by Gasteiger charge is 2.39. The van der Waals surface area contributed by atoms with Gasteiger partial charge in [0.15, 0.2) is 0 Å². The van der Waals surface area contributed by atoms with Gasteiger partial charge in [-0.1, -0.05) is 13.3 Å². The second-order valence-corrected chi connectivity index (χ2v) is 4.11. The van der Waals surface area contributed by atoms with Gasteiger partial charge in [-0.25, -0.2) is 4.79 Å². The molecule has 1 aliphatic heterocycles. The first-order valence-electron chi connectivity index (χ1n) is 5.40. The van der Waals surface area contributed by atoms with Crippen LogP contribution in [-0.2, 0) is 14.3 Å². The average Bonchev–Trinajstić information content (AvgIpc) is 2.65. The zero-order valence-corrected chi connectivity index (χ0v) is 9.36. The maximum Gasteiger partial charge on any atom is 0.326 e. The van der Waals surface area contributed by atoms with Gasteiger partial charge in [0.25, 0.3) is 0 Å². The summed E-state index contributed by atoms with van der Waals surface area (Å²) in [5.41, 5.74) is 4.75. The molecule has 1 amide bonds. The number of carbonyl (C=O) groups is 2. The van der Waals surface area contributed by atoms with E-state index in [1.165, 1.54) is 0 Å². The lowest BCUT2D eigenvalue weighted by atomic mass is 9.98. The van der Waals surface area contributed by atoms with E-state index in [1.807, 2.05) is 6.92 Å². The lowest BCUT2D eigenvalue weighted by Gasteiger charge is -2.23. The lowest BCUT2D eigenvalue weighted by molar-refractivity contribution is -0.143. The van der Waals surface area contributed by atoms with Crippen molar-refractivity contribution in [3.05, 3.63) is 0 Å². The number of carboxylic acid groups (broad SMARTS) is 1. The van der Waals surface area contributed by atoms with E-state index in [4.69, 9.17) is 15.6 Å². The number of hydrogen-bond acceptors (Lipinski definition) is 4. The van der Waals surface area contributed by atoms with Gasteiger partial charge in [0.2, 0.25) is 5.91 Å². The van der Waals surface area contributed by atoms with Crippen molar-refractivity contribution in [3.8, 4) is 0 Å². The summed E-state index contributed by atoms with van der Waals surface area (Å²) < 4.78 is 5.05. The molecule has 6 nitrogen and oxygen atoms in total. The third-order valence-corrected chi connectivity index (χ3v) is 2.69. The van der Waals surface area contributed by atoms with E-state index in [0.717, 1.165) is 0 Å². The number of amides is 1. The first kappa shape index (κ1) is 12.9. The molecule has 1 fully saturated rings. The van der Waals surface area contributed by atoms with Crippen molar-refractivity contribution in [3.63, 3.8) is 0 Å². The zero-order valence-electron chi connectivity index (χ0n) is 9.36. The Labute approximate surface area is 94.1 Å². The van der Waals surface area contributed by atoms with E-state index < -0.39 is 23.5 Å². The maximum absolute atomic E-state index is 11.8. The molecule has 1 aliphatic rings. The molecular weight excluding hydrogens is 212 g/mol. The summed E-state index contributed by atoms with van der Waals surface area (Å²) in [6.45, 7) is 2.45. The molecule has 0 spiro atoms. The van der Waals surface area contributed by atoms with Crippen LogP contribution in [0.5, 0.6) is 0 Å². The third kappa shape index (κ3) is 2.93. The molecule has 92 valence electrons. The number of carbonyl (C=O) groups excluding carboxylic acids is 1.